The lowest BCUT2D eigenvalue weighted by Gasteiger charge is -2.26. The van der Waals surface area contributed by atoms with Crippen LogP contribution in [0.1, 0.15) is 25.7 Å². The van der Waals surface area contributed by atoms with E-state index in [1.807, 2.05) is 0 Å². The number of hydrogen-bond acceptors (Lipinski definition) is 5. The zero-order valence-electron chi connectivity index (χ0n) is 9.82. The summed E-state index contributed by atoms with van der Waals surface area (Å²) in [6.07, 6.45) is 4.02. The van der Waals surface area contributed by atoms with E-state index < -0.39 is 5.97 Å². The van der Waals surface area contributed by atoms with Gasteiger partial charge in [-0.25, -0.2) is 4.68 Å². The number of rotatable bonds is 4. The Balaban J connectivity index is 1.74. The number of carboxylic acid groups (broad SMARTS) is 1. The van der Waals surface area contributed by atoms with Crippen LogP contribution in [0.4, 0.5) is 0 Å². The van der Waals surface area contributed by atoms with Gasteiger partial charge in [0, 0.05) is 6.04 Å². The van der Waals surface area contributed by atoms with E-state index in [4.69, 9.17) is 5.11 Å². The van der Waals surface area contributed by atoms with Crippen molar-refractivity contribution in [2.24, 2.45) is 5.92 Å². The fraction of sp³-hybridized carbons (Fsp3) is 0.700. The Labute approximate surface area is 103 Å². The molecule has 2 rings (SSSR count). The van der Waals surface area contributed by atoms with Crippen LogP contribution in [0.15, 0.2) is 6.33 Å². The van der Waals surface area contributed by atoms with E-state index in [-0.39, 0.29) is 24.4 Å². The molecule has 2 N–H and O–H groups in total. The van der Waals surface area contributed by atoms with E-state index in [9.17, 15) is 9.59 Å². The van der Waals surface area contributed by atoms with Crippen molar-refractivity contribution in [3.05, 3.63) is 6.33 Å². The van der Waals surface area contributed by atoms with Crippen LogP contribution in [0.25, 0.3) is 0 Å². The number of carboxylic acids is 1. The summed E-state index contributed by atoms with van der Waals surface area (Å²) in [7, 11) is 0. The Bertz CT molecular complexity index is 411. The number of tetrazole rings is 1. The van der Waals surface area contributed by atoms with Gasteiger partial charge in [-0.3, -0.25) is 9.59 Å². The summed E-state index contributed by atoms with van der Waals surface area (Å²) in [5.74, 6) is -1.16. The molecule has 0 atom stereocenters. The minimum absolute atomic E-state index is 0.0598. The van der Waals surface area contributed by atoms with Crippen LogP contribution in [-0.4, -0.2) is 43.2 Å². The molecule has 8 nitrogen and oxygen atoms in total. The van der Waals surface area contributed by atoms with Gasteiger partial charge in [-0.1, -0.05) is 0 Å². The number of carbonyl (C=O) groups excluding carboxylic acids is 1. The van der Waals surface area contributed by atoms with Crippen molar-refractivity contribution in [3.63, 3.8) is 0 Å². The van der Waals surface area contributed by atoms with E-state index in [0.29, 0.717) is 25.7 Å². The molecule has 0 aliphatic heterocycles. The predicted octanol–water partition coefficient (Wildman–Crippen LogP) is -0.567. The summed E-state index contributed by atoms with van der Waals surface area (Å²) in [6, 6.07) is 0.0598. The second kappa shape index (κ2) is 5.56. The molecule has 8 heteroatoms. The highest BCUT2D eigenvalue weighted by Crippen LogP contribution is 2.24. The Hall–Kier alpha value is -1.99. The van der Waals surface area contributed by atoms with Gasteiger partial charge in [-0.2, -0.15) is 0 Å². The molecule has 1 heterocycles. The maximum atomic E-state index is 11.7. The molecule has 0 radical (unpaired) electrons. The predicted molar refractivity (Wildman–Crippen MR) is 59.3 cm³/mol. The van der Waals surface area contributed by atoms with Gasteiger partial charge in [0.15, 0.2) is 0 Å². The van der Waals surface area contributed by atoms with Crippen molar-refractivity contribution in [3.8, 4) is 0 Å². The van der Waals surface area contributed by atoms with Gasteiger partial charge in [-0.05, 0) is 36.1 Å². The standard InChI is InChI=1S/C10H15N5O3/c16-9(5-15-6-11-13-14-15)12-8-3-1-7(2-4-8)10(17)18/h6-8H,1-5H2,(H,12,16)(H,17,18). The molecule has 0 saturated heterocycles. The summed E-state index contributed by atoms with van der Waals surface area (Å²) in [4.78, 5) is 22.4. The first-order valence-corrected chi connectivity index (χ1v) is 5.88. The summed E-state index contributed by atoms with van der Waals surface area (Å²) >= 11 is 0. The number of nitrogens with one attached hydrogen (secondary N) is 1. The third-order valence-corrected chi connectivity index (χ3v) is 3.14. The van der Waals surface area contributed by atoms with Gasteiger partial charge in [0.05, 0.1) is 5.92 Å². The highest BCUT2D eigenvalue weighted by molar-refractivity contribution is 5.76. The van der Waals surface area contributed by atoms with E-state index in [0.717, 1.165) is 0 Å². The van der Waals surface area contributed by atoms with Crippen LogP contribution in [0.2, 0.25) is 0 Å². The van der Waals surface area contributed by atoms with Crippen molar-refractivity contribution < 1.29 is 14.7 Å². The second-order valence-corrected chi connectivity index (χ2v) is 4.46. The molecule has 1 aromatic rings. The molecule has 0 unspecified atom stereocenters. The molecule has 0 bridgehead atoms. The average molecular weight is 253 g/mol. The van der Waals surface area contributed by atoms with Crippen LogP contribution in [0.5, 0.6) is 0 Å². The Morgan fingerprint density at radius 3 is 2.61 bits per heavy atom. The topological polar surface area (TPSA) is 110 Å². The zero-order chi connectivity index (χ0) is 13.0. The second-order valence-electron chi connectivity index (χ2n) is 4.46. The molecule has 1 aliphatic rings. The molecule has 1 fully saturated rings. The molecule has 0 spiro atoms. The molecule has 1 saturated carbocycles. The van der Waals surface area contributed by atoms with Crippen LogP contribution in [0, 0.1) is 5.92 Å². The van der Waals surface area contributed by atoms with Crippen LogP contribution >= 0.6 is 0 Å². The van der Waals surface area contributed by atoms with Gasteiger partial charge in [0.2, 0.25) is 5.91 Å². The fourth-order valence-corrected chi connectivity index (χ4v) is 2.16. The van der Waals surface area contributed by atoms with Crippen LogP contribution < -0.4 is 5.32 Å². The summed E-state index contributed by atoms with van der Waals surface area (Å²) in [6.45, 7) is 0.0891. The quantitative estimate of drug-likeness (QED) is 0.743. The molecule has 98 valence electrons. The van der Waals surface area contributed by atoms with E-state index in [1.54, 1.807) is 0 Å². The van der Waals surface area contributed by atoms with Gasteiger partial charge in [-0.15, -0.1) is 5.10 Å². The van der Waals surface area contributed by atoms with E-state index >= 15 is 0 Å². The summed E-state index contributed by atoms with van der Waals surface area (Å²) in [5.41, 5.74) is 0. The monoisotopic (exact) mass is 253 g/mol. The minimum atomic E-state index is -0.742. The normalized spacial score (nSPS) is 23.6. The van der Waals surface area contributed by atoms with E-state index in [2.05, 4.69) is 20.8 Å². The number of carbonyl (C=O) groups is 2. The van der Waals surface area contributed by atoms with Gasteiger partial charge in [0.25, 0.3) is 0 Å². The average Bonchev–Trinajstić information content (AvgIpc) is 2.82. The minimum Gasteiger partial charge on any atom is -0.481 e. The molecule has 1 amide bonds. The maximum absolute atomic E-state index is 11.7. The first-order valence-electron chi connectivity index (χ1n) is 5.88. The maximum Gasteiger partial charge on any atom is 0.306 e. The molecule has 1 aromatic heterocycles. The third-order valence-electron chi connectivity index (χ3n) is 3.14. The first kappa shape index (κ1) is 12.5. The smallest absolute Gasteiger partial charge is 0.306 e. The largest absolute Gasteiger partial charge is 0.481 e. The number of hydrogen-bond donors (Lipinski definition) is 2. The Morgan fingerprint density at radius 1 is 1.33 bits per heavy atom. The Kier molecular flexibility index (Phi) is 3.85. The van der Waals surface area contributed by atoms with Crippen molar-refractivity contribution in [1.29, 1.82) is 0 Å². The van der Waals surface area contributed by atoms with Crippen molar-refractivity contribution in [2.75, 3.05) is 0 Å². The van der Waals surface area contributed by atoms with E-state index in [1.165, 1.54) is 11.0 Å². The highest BCUT2D eigenvalue weighted by Gasteiger charge is 2.26. The van der Waals surface area contributed by atoms with Gasteiger partial charge < -0.3 is 10.4 Å². The lowest BCUT2D eigenvalue weighted by molar-refractivity contribution is -0.142. The molecular weight excluding hydrogens is 238 g/mol. The number of aliphatic carboxylic acids is 1. The lowest BCUT2D eigenvalue weighted by Crippen LogP contribution is -2.40. The van der Waals surface area contributed by atoms with Crippen molar-refractivity contribution >= 4 is 11.9 Å². The number of nitrogens with zero attached hydrogens (tertiary/aromatic N) is 4. The number of aromatic nitrogens is 4. The molecule has 1 aliphatic carbocycles. The Morgan fingerprint density at radius 2 is 2.06 bits per heavy atom. The highest BCUT2D eigenvalue weighted by atomic mass is 16.4. The van der Waals surface area contributed by atoms with Gasteiger partial charge >= 0.3 is 5.97 Å². The summed E-state index contributed by atoms with van der Waals surface area (Å²) in [5, 5.41) is 22.2. The summed E-state index contributed by atoms with van der Waals surface area (Å²) < 4.78 is 1.35. The molecule has 18 heavy (non-hydrogen) atoms. The zero-order valence-corrected chi connectivity index (χ0v) is 9.82. The SMILES string of the molecule is O=C(Cn1cnnn1)NC1CCC(C(=O)O)CC1. The van der Waals surface area contributed by atoms with Crippen LogP contribution in [0.3, 0.4) is 0 Å². The van der Waals surface area contributed by atoms with Gasteiger partial charge in [0.1, 0.15) is 12.9 Å². The first-order chi connectivity index (χ1) is 8.65. The lowest BCUT2D eigenvalue weighted by atomic mass is 9.86. The molecule has 0 aromatic carbocycles. The van der Waals surface area contributed by atoms with Crippen LogP contribution in [-0.2, 0) is 16.1 Å². The number of amides is 1. The third kappa shape index (κ3) is 3.25. The van der Waals surface area contributed by atoms with Crippen molar-refractivity contribution in [1.82, 2.24) is 25.5 Å². The molecular formula is C10H15N5O3. The van der Waals surface area contributed by atoms with Crippen molar-refractivity contribution in [2.45, 2.75) is 38.3 Å². The fourth-order valence-electron chi connectivity index (χ4n) is 2.16.